The maximum absolute atomic E-state index is 13.2. The van der Waals surface area contributed by atoms with Gasteiger partial charge in [-0.3, -0.25) is 4.90 Å². The van der Waals surface area contributed by atoms with Gasteiger partial charge in [-0.05, 0) is 55.5 Å². The van der Waals surface area contributed by atoms with E-state index >= 15 is 0 Å². The van der Waals surface area contributed by atoms with E-state index in [1.807, 2.05) is 36.4 Å². The van der Waals surface area contributed by atoms with Crippen LogP contribution in [0.2, 0.25) is 5.15 Å². The second-order valence-corrected chi connectivity index (χ2v) is 7.89. The topological polar surface area (TPSA) is 50.2 Å². The number of hydrogen-bond donors (Lipinski definition) is 1. The predicted molar refractivity (Wildman–Crippen MR) is 126 cm³/mol. The smallest absolute Gasteiger partial charge is 0.308 e. The van der Waals surface area contributed by atoms with Gasteiger partial charge in [0.05, 0.1) is 23.5 Å². The van der Waals surface area contributed by atoms with E-state index in [9.17, 15) is 18.0 Å². The Morgan fingerprint density at radius 2 is 1.56 bits per heavy atom. The highest BCUT2D eigenvalue weighted by atomic mass is 35.5. The molecule has 1 aromatic heterocycles. The molecule has 0 saturated carbocycles. The Kier molecular flexibility index (Phi) is 6.61. The fraction of sp³-hybridized carbons (Fsp3) is 0.120. The number of benzene rings is 3. The fourth-order valence-electron chi connectivity index (χ4n) is 3.43. The zero-order valence-corrected chi connectivity index (χ0v) is 18.8. The number of rotatable bonds is 5. The lowest BCUT2D eigenvalue weighted by Gasteiger charge is -2.24. The third kappa shape index (κ3) is 5.07. The van der Waals surface area contributed by atoms with Crippen molar-refractivity contribution in [2.24, 2.45) is 0 Å². The minimum absolute atomic E-state index is 0.00152. The number of carbonyl (C=O) groups is 1. The highest BCUT2D eigenvalue weighted by Gasteiger charge is 2.31. The molecule has 34 heavy (non-hydrogen) atoms. The number of para-hydroxylation sites is 2. The second kappa shape index (κ2) is 9.61. The van der Waals surface area contributed by atoms with E-state index in [0.29, 0.717) is 22.1 Å². The van der Waals surface area contributed by atoms with E-state index in [4.69, 9.17) is 11.6 Å². The summed E-state index contributed by atoms with van der Waals surface area (Å²) in [5, 5.41) is 7.59. The van der Waals surface area contributed by atoms with Crippen molar-refractivity contribution in [3.63, 3.8) is 0 Å². The zero-order valence-electron chi connectivity index (χ0n) is 18.1. The van der Waals surface area contributed by atoms with Crippen LogP contribution in [0.15, 0.2) is 84.9 Å². The molecule has 0 saturated heterocycles. The number of nitrogens with zero attached hydrogens (tertiary/aromatic N) is 3. The first-order valence-corrected chi connectivity index (χ1v) is 10.7. The van der Waals surface area contributed by atoms with Crippen molar-refractivity contribution in [3.8, 4) is 5.69 Å². The summed E-state index contributed by atoms with van der Waals surface area (Å²) in [6, 6.07) is 21.9. The van der Waals surface area contributed by atoms with Gasteiger partial charge in [-0.1, -0.05) is 48.0 Å². The third-order valence-electron chi connectivity index (χ3n) is 5.22. The summed E-state index contributed by atoms with van der Waals surface area (Å²) < 4.78 is 40.7. The molecule has 5 nitrogen and oxygen atoms in total. The maximum Gasteiger partial charge on any atom is 0.416 e. The number of aryl methyl sites for hydroxylation is 1. The molecule has 0 unspecified atom stereocenters. The molecule has 0 fully saturated rings. The molecule has 0 aliphatic heterocycles. The first kappa shape index (κ1) is 23.4. The summed E-state index contributed by atoms with van der Waals surface area (Å²) in [6.45, 7) is 1.77. The van der Waals surface area contributed by atoms with Gasteiger partial charge in [-0.25, -0.2) is 9.48 Å². The normalized spacial score (nSPS) is 11.3. The van der Waals surface area contributed by atoms with Crippen molar-refractivity contribution in [1.29, 1.82) is 0 Å². The number of urea groups is 1. The lowest BCUT2D eigenvalue weighted by molar-refractivity contribution is -0.137. The third-order valence-corrected chi connectivity index (χ3v) is 5.60. The molecular formula is C25H20ClF3N4O. The van der Waals surface area contributed by atoms with Crippen LogP contribution in [0.3, 0.4) is 0 Å². The van der Waals surface area contributed by atoms with Crippen LogP contribution in [0.4, 0.5) is 29.3 Å². The van der Waals surface area contributed by atoms with E-state index in [-0.39, 0.29) is 12.2 Å². The molecule has 0 bridgehead atoms. The van der Waals surface area contributed by atoms with Crippen molar-refractivity contribution in [1.82, 2.24) is 9.78 Å². The molecule has 0 aliphatic rings. The average molecular weight is 485 g/mol. The first-order valence-electron chi connectivity index (χ1n) is 10.3. The maximum atomic E-state index is 13.2. The standard InChI is InChI=1S/C25H20ClF3N4O/c1-17-22(23(26)33(31-17)21-10-6-3-7-11-21)16-32(24(34)30-19-8-4-2-5-9-19)20-14-12-18(13-15-20)25(27,28)29/h2-15H,16H2,1H3,(H,30,34). The molecule has 0 spiro atoms. The monoisotopic (exact) mass is 484 g/mol. The van der Waals surface area contributed by atoms with Crippen molar-refractivity contribution in [2.45, 2.75) is 19.6 Å². The molecule has 1 heterocycles. The zero-order chi connectivity index (χ0) is 24.3. The van der Waals surface area contributed by atoms with Crippen LogP contribution in [0.25, 0.3) is 5.69 Å². The molecule has 4 rings (SSSR count). The summed E-state index contributed by atoms with van der Waals surface area (Å²) in [4.78, 5) is 14.6. The van der Waals surface area contributed by atoms with Crippen LogP contribution in [0, 0.1) is 6.92 Å². The number of alkyl halides is 3. The van der Waals surface area contributed by atoms with Gasteiger partial charge in [0.2, 0.25) is 0 Å². The SMILES string of the molecule is Cc1nn(-c2ccccc2)c(Cl)c1CN(C(=O)Nc1ccccc1)c1ccc(C(F)(F)F)cc1. The van der Waals surface area contributed by atoms with E-state index < -0.39 is 17.8 Å². The van der Waals surface area contributed by atoms with E-state index in [1.165, 1.54) is 17.0 Å². The van der Waals surface area contributed by atoms with Crippen molar-refractivity contribution in [3.05, 3.63) is 107 Å². The number of carbonyl (C=O) groups excluding carboxylic acids is 1. The van der Waals surface area contributed by atoms with Crippen molar-refractivity contribution in [2.75, 3.05) is 10.2 Å². The van der Waals surface area contributed by atoms with Gasteiger partial charge < -0.3 is 5.32 Å². The molecule has 3 aromatic carbocycles. The minimum atomic E-state index is -4.48. The van der Waals surface area contributed by atoms with Crippen LogP contribution in [-0.4, -0.2) is 15.8 Å². The molecule has 4 aromatic rings. The Balaban J connectivity index is 1.70. The van der Waals surface area contributed by atoms with Crippen LogP contribution < -0.4 is 10.2 Å². The average Bonchev–Trinajstić information content (AvgIpc) is 3.11. The number of hydrogen-bond acceptors (Lipinski definition) is 2. The largest absolute Gasteiger partial charge is 0.416 e. The number of anilines is 2. The molecule has 0 atom stereocenters. The molecule has 9 heteroatoms. The molecule has 2 amide bonds. The molecule has 0 aliphatic carbocycles. The number of halogens is 4. The van der Waals surface area contributed by atoms with Crippen molar-refractivity contribution < 1.29 is 18.0 Å². The first-order chi connectivity index (χ1) is 16.2. The number of aromatic nitrogens is 2. The Morgan fingerprint density at radius 3 is 2.15 bits per heavy atom. The Labute approximate surface area is 199 Å². The minimum Gasteiger partial charge on any atom is -0.308 e. The van der Waals surface area contributed by atoms with Gasteiger partial charge in [0.25, 0.3) is 0 Å². The van der Waals surface area contributed by atoms with Gasteiger partial charge in [0.15, 0.2) is 0 Å². The van der Waals surface area contributed by atoms with Crippen LogP contribution >= 0.6 is 11.6 Å². The van der Waals surface area contributed by atoms with Crippen LogP contribution in [-0.2, 0) is 12.7 Å². The van der Waals surface area contributed by atoms with Gasteiger partial charge in [-0.15, -0.1) is 0 Å². The summed E-state index contributed by atoms with van der Waals surface area (Å²) in [5.41, 5.74) is 1.95. The van der Waals surface area contributed by atoms with E-state index in [0.717, 1.165) is 17.8 Å². The Morgan fingerprint density at radius 1 is 0.971 bits per heavy atom. The van der Waals surface area contributed by atoms with Crippen molar-refractivity contribution >= 4 is 29.0 Å². The number of amides is 2. The van der Waals surface area contributed by atoms with Crippen LogP contribution in [0.1, 0.15) is 16.8 Å². The Bertz CT molecular complexity index is 1270. The van der Waals surface area contributed by atoms with E-state index in [2.05, 4.69) is 10.4 Å². The summed E-state index contributed by atoms with van der Waals surface area (Å²) in [6.07, 6.45) is -4.48. The summed E-state index contributed by atoms with van der Waals surface area (Å²) in [5.74, 6) is 0. The number of nitrogens with one attached hydrogen (secondary N) is 1. The molecular weight excluding hydrogens is 465 g/mol. The second-order valence-electron chi connectivity index (χ2n) is 7.53. The molecule has 1 N–H and O–H groups in total. The van der Waals surface area contributed by atoms with E-state index in [1.54, 1.807) is 35.9 Å². The van der Waals surface area contributed by atoms with Gasteiger partial charge >= 0.3 is 12.2 Å². The highest BCUT2D eigenvalue weighted by molar-refractivity contribution is 6.30. The van der Waals surface area contributed by atoms with Gasteiger partial charge in [0.1, 0.15) is 5.15 Å². The molecule has 0 radical (unpaired) electrons. The highest BCUT2D eigenvalue weighted by Crippen LogP contribution is 2.32. The summed E-state index contributed by atoms with van der Waals surface area (Å²) >= 11 is 6.64. The van der Waals surface area contributed by atoms with Crippen LogP contribution in [0.5, 0.6) is 0 Å². The fourth-order valence-corrected chi connectivity index (χ4v) is 3.76. The Hall–Kier alpha value is -3.78. The lowest BCUT2D eigenvalue weighted by Crippen LogP contribution is -2.34. The van der Waals surface area contributed by atoms with Gasteiger partial charge in [-0.2, -0.15) is 18.3 Å². The quantitative estimate of drug-likeness (QED) is 0.328. The predicted octanol–water partition coefficient (Wildman–Crippen LogP) is 7.09. The molecule has 174 valence electrons. The summed E-state index contributed by atoms with van der Waals surface area (Å²) in [7, 11) is 0. The lowest BCUT2D eigenvalue weighted by atomic mass is 10.1. The van der Waals surface area contributed by atoms with Gasteiger partial charge in [0, 0.05) is 16.9 Å².